The summed E-state index contributed by atoms with van der Waals surface area (Å²) in [4.78, 5) is 22.5. The predicted molar refractivity (Wildman–Crippen MR) is 62.8 cm³/mol. The Morgan fingerprint density at radius 1 is 1.11 bits per heavy atom. The van der Waals surface area contributed by atoms with E-state index in [0.29, 0.717) is 31.3 Å². The molecular formula is C13H20O5. The zero-order valence-corrected chi connectivity index (χ0v) is 10.7. The molecule has 0 bridgehead atoms. The van der Waals surface area contributed by atoms with Gasteiger partial charge in [0.2, 0.25) is 0 Å². The first-order chi connectivity index (χ1) is 8.69. The van der Waals surface area contributed by atoms with Gasteiger partial charge < -0.3 is 14.2 Å². The highest BCUT2D eigenvalue weighted by molar-refractivity contribution is 5.77. The number of hydrogen-bond acceptors (Lipinski definition) is 5. The Bertz CT molecular complexity index is 315. The van der Waals surface area contributed by atoms with E-state index < -0.39 is 0 Å². The third-order valence-corrected chi connectivity index (χ3v) is 3.43. The molecule has 5 heteroatoms. The fourth-order valence-corrected chi connectivity index (χ4v) is 2.36. The second-order valence-electron chi connectivity index (χ2n) is 4.88. The molecule has 1 saturated carbocycles. The number of ether oxygens (including phenoxy) is 3. The summed E-state index contributed by atoms with van der Waals surface area (Å²) < 4.78 is 15.3. The van der Waals surface area contributed by atoms with Gasteiger partial charge in [-0.15, -0.1) is 0 Å². The van der Waals surface area contributed by atoms with E-state index in [1.807, 2.05) is 0 Å². The van der Waals surface area contributed by atoms with E-state index >= 15 is 0 Å². The fraction of sp³-hybridized carbons (Fsp3) is 0.846. The first-order valence-electron chi connectivity index (χ1n) is 6.65. The van der Waals surface area contributed by atoms with Gasteiger partial charge in [0.1, 0.15) is 0 Å². The van der Waals surface area contributed by atoms with Gasteiger partial charge in [0.25, 0.3) is 0 Å². The maximum atomic E-state index is 11.4. The largest absolute Gasteiger partial charge is 0.466 e. The molecule has 0 amide bonds. The summed E-state index contributed by atoms with van der Waals surface area (Å²) in [6.07, 6.45) is 4.22. The monoisotopic (exact) mass is 256 g/mol. The van der Waals surface area contributed by atoms with Crippen molar-refractivity contribution >= 4 is 11.9 Å². The van der Waals surface area contributed by atoms with Crippen LogP contribution < -0.4 is 0 Å². The normalized spacial score (nSPS) is 29.3. The molecule has 2 fully saturated rings. The lowest BCUT2D eigenvalue weighted by molar-refractivity contribution is -0.151. The number of rotatable bonds is 6. The average molecular weight is 256 g/mol. The molecule has 2 aliphatic rings. The number of carbonyl (C=O) groups is 2. The van der Waals surface area contributed by atoms with Gasteiger partial charge in [-0.1, -0.05) is 0 Å². The minimum atomic E-state index is -0.346. The van der Waals surface area contributed by atoms with Crippen LogP contribution in [0.2, 0.25) is 0 Å². The molecule has 5 nitrogen and oxygen atoms in total. The van der Waals surface area contributed by atoms with Crippen molar-refractivity contribution in [2.75, 3.05) is 13.2 Å². The lowest BCUT2D eigenvalue weighted by Crippen LogP contribution is -2.20. The molecule has 0 spiro atoms. The smallest absolute Gasteiger partial charge is 0.306 e. The molecule has 18 heavy (non-hydrogen) atoms. The van der Waals surface area contributed by atoms with Gasteiger partial charge in [-0.3, -0.25) is 9.59 Å². The van der Waals surface area contributed by atoms with Crippen molar-refractivity contribution in [2.24, 2.45) is 5.92 Å². The standard InChI is InChI=1S/C13H20O5/c1-2-16-12(14)5-6-13(15)17-8-9-3-4-10-11(7-9)18-10/h9-11H,2-8H2,1H3. The van der Waals surface area contributed by atoms with Crippen molar-refractivity contribution in [3.8, 4) is 0 Å². The minimum Gasteiger partial charge on any atom is -0.466 e. The molecular weight excluding hydrogens is 236 g/mol. The van der Waals surface area contributed by atoms with Crippen LogP contribution in [-0.4, -0.2) is 37.4 Å². The minimum absolute atomic E-state index is 0.102. The van der Waals surface area contributed by atoms with Crippen molar-refractivity contribution < 1.29 is 23.8 Å². The van der Waals surface area contributed by atoms with Gasteiger partial charge in [0.05, 0.1) is 38.3 Å². The topological polar surface area (TPSA) is 65.1 Å². The van der Waals surface area contributed by atoms with Crippen molar-refractivity contribution in [3.05, 3.63) is 0 Å². The molecule has 3 unspecified atom stereocenters. The summed E-state index contributed by atoms with van der Waals surface area (Å²) in [5.74, 6) is -0.247. The van der Waals surface area contributed by atoms with E-state index in [4.69, 9.17) is 14.2 Å². The summed E-state index contributed by atoms with van der Waals surface area (Å²) in [5, 5.41) is 0. The summed E-state index contributed by atoms with van der Waals surface area (Å²) in [6, 6.07) is 0. The third kappa shape index (κ3) is 3.98. The Kier molecular flexibility index (Phi) is 4.58. The zero-order valence-electron chi connectivity index (χ0n) is 10.7. The molecule has 0 N–H and O–H groups in total. The lowest BCUT2D eigenvalue weighted by atomic mass is 9.90. The van der Waals surface area contributed by atoms with Gasteiger partial charge >= 0.3 is 11.9 Å². The van der Waals surface area contributed by atoms with E-state index in [1.165, 1.54) is 0 Å². The summed E-state index contributed by atoms with van der Waals surface area (Å²) >= 11 is 0. The number of hydrogen-bond donors (Lipinski definition) is 0. The highest BCUT2D eigenvalue weighted by Gasteiger charge is 2.43. The van der Waals surface area contributed by atoms with E-state index in [2.05, 4.69) is 0 Å². The van der Waals surface area contributed by atoms with E-state index in [-0.39, 0.29) is 24.8 Å². The van der Waals surface area contributed by atoms with Crippen LogP contribution in [0.25, 0.3) is 0 Å². The molecule has 0 aromatic rings. The number of carbonyl (C=O) groups excluding carboxylic acids is 2. The molecule has 1 heterocycles. The number of esters is 2. The summed E-state index contributed by atoms with van der Waals surface area (Å²) in [6.45, 7) is 2.54. The summed E-state index contributed by atoms with van der Waals surface area (Å²) in [5.41, 5.74) is 0. The first-order valence-corrected chi connectivity index (χ1v) is 6.65. The molecule has 1 saturated heterocycles. The van der Waals surface area contributed by atoms with Crippen LogP contribution in [0.1, 0.15) is 39.0 Å². The van der Waals surface area contributed by atoms with Crippen molar-refractivity contribution in [3.63, 3.8) is 0 Å². The van der Waals surface area contributed by atoms with Crippen LogP contribution in [0.4, 0.5) is 0 Å². The van der Waals surface area contributed by atoms with Crippen LogP contribution in [0.15, 0.2) is 0 Å². The first kappa shape index (κ1) is 13.3. The molecule has 0 aromatic carbocycles. The third-order valence-electron chi connectivity index (χ3n) is 3.43. The zero-order chi connectivity index (χ0) is 13.0. The van der Waals surface area contributed by atoms with Gasteiger partial charge in [-0.2, -0.15) is 0 Å². The van der Waals surface area contributed by atoms with Crippen LogP contribution in [0.3, 0.4) is 0 Å². The molecule has 102 valence electrons. The Morgan fingerprint density at radius 3 is 2.50 bits per heavy atom. The van der Waals surface area contributed by atoms with Gasteiger partial charge in [-0.25, -0.2) is 0 Å². The average Bonchev–Trinajstić information content (AvgIpc) is 3.12. The SMILES string of the molecule is CCOC(=O)CCC(=O)OCC1CCC2OC2C1. The maximum Gasteiger partial charge on any atom is 0.306 e. The molecule has 1 aliphatic heterocycles. The highest BCUT2D eigenvalue weighted by atomic mass is 16.6. The highest BCUT2D eigenvalue weighted by Crippen LogP contribution is 2.39. The Morgan fingerprint density at radius 2 is 1.83 bits per heavy atom. The van der Waals surface area contributed by atoms with E-state index in [0.717, 1.165) is 19.3 Å². The number of fused-ring (bicyclic) bond motifs is 1. The number of epoxide rings is 1. The van der Waals surface area contributed by atoms with Gasteiger partial charge in [-0.05, 0) is 32.1 Å². The van der Waals surface area contributed by atoms with Crippen molar-refractivity contribution in [1.29, 1.82) is 0 Å². The lowest BCUT2D eigenvalue weighted by Gasteiger charge is -2.18. The van der Waals surface area contributed by atoms with E-state index in [1.54, 1.807) is 6.92 Å². The fourth-order valence-electron chi connectivity index (χ4n) is 2.36. The molecule has 2 rings (SSSR count). The van der Waals surface area contributed by atoms with Crippen molar-refractivity contribution in [1.82, 2.24) is 0 Å². The molecule has 0 aromatic heterocycles. The van der Waals surface area contributed by atoms with Crippen molar-refractivity contribution in [2.45, 2.75) is 51.2 Å². The van der Waals surface area contributed by atoms with Gasteiger partial charge in [0.15, 0.2) is 0 Å². The second-order valence-corrected chi connectivity index (χ2v) is 4.88. The van der Waals surface area contributed by atoms with Crippen LogP contribution in [0, 0.1) is 5.92 Å². The summed E-state index contributed by atoms with van der Waals surface area (Å²) in [7, 11) is 0. The Hall–Kier alpha value is -1.10. The second kappa shape index (κ2) is 6.18. The van der Waals surface area contributed by atoms with Crippen LogP contribution in [-0.2, 0) is 23.8 Å². The van der Waals surface area contributed by atoms with Crippen LogP contribution >= 0.6 is 0 Å². The quantitative estimate of drug-likeness (QED) is 0.531. The predicted octanol–water partition coefficient (Wildman–Crippen LogP) is 1.44. The molecule has 3 atom stereocenters. The van der Waals surface area contributed by atoms with E-state index in [9.17, 15) is 9.59 Å². The Labute approximate surface area is 107 Å². The van der Waals surface area contributed by atoms with Gasteiger partial charge in [0, 0.05) is 0 Å². The molecule has 0 radical (unpaired) electrons. The maximum absolute atomic E-state index is 11.4. The Balaban J connectivity index is 1.55. The molecule has 1 aliphatic carbocycles. The van der Waals surface area contributed by atoms with Crippen LogP contribution in [0.5, 0.6) is 0 Å².